The second-order valence-corrected chi connectivity index (χ2v) is 4.89. The Labute approximate surface area is 112 Å². The molecule has 0 radical (unpaired) electrons. The number of hydroxylamine groups is 1. The minimum atomic E-state index is -4.31. The lowest BCUT2D eigenvalue weighted by molar-refractivity contribution is -0.190. The molecule has 0 saturated heterocycles. The van der Waals surface area contributed by atoms with Crippen molar-refractivity contribution in [3.8, 4) is 11.1 Å². The van der Waals surface area contributed by atoms with Gasteiger partial charge >= 0.3 is 6.18 Å². The number of thiophene rings is 1. The van der Waals surface area contributed by atoms with Crippen molar-refractivity contribution < 1.29 is 18.0 Å². The minimum Gasteiger partial charge on any atom is -0.292 e. The highest BCUT2D eigenvalue weighted by molar-refractivity contribution is 7.10. The maximum absolute atomic E-state index is 11.8. The highest BCUT2D eigenvalue weighted by Gasteiger charge is 2.27. The Bertz CT molecular complexity index is 510. The molecule has 1 heterocycles. The molecule has 0 aliphatic heterocycles. The van der Waals surface area contributed by atoms with Crippen molar-refractivity contribution in [1.29, 1.82) is 0 Å². The average Bonchev–Trinajstić information content (AvgIpc) is 2.83. The molecule has 0 saturated carbocycles. The van der Waals surface area contributed by atoms with E-state index in [1.165, 1.54) is 11.3 Å². The molecule has 102 valence electrons. The van der Waals surface area contributed by atoms with Crippen LogP contribution in [0.2, 0.25) is 0 Å². The summed E-state index contributed by atoms with van der Waals surface area (Å²) in [4.78, 5) is 5.27. The molecular weight excluding hydrogens is 275 g/mol. The largest absolute Gasteiger partial charge is 0.413 e. The molecule has 0 atom stereocenters. The van der Waals surface area contributed by atoms with Crippen LogP contribution in [0.5, 0.6) is 0 Å². The summed E-state index contributed by atoms with van der Waals surface area (Å²) in [6.45, 7) is -1.03. The Morgan fingerprint density at radius 2 is 1.84 bits per heavy atom. The van der Waals surface area contributed by atoms with E-state index in [1.807, 2.05) is 41.8 Å². The van der Waals surface area contributed by atoms with E-state index in [1.54, 1.807) is 0 Å². The molecule has 6 heteroatoms. The summed E-state index contributed by atoms with van der Waals surface area (Å²) in [5.74, 6) is 0. The van der Waals surface area contributed by atoms with E-state index < -0.39 is 12.8 Å². The third-order valence-corrected chi connectivity index (χ3v) is 3.28. The lowest BCUT2D eigenvalue weighted by Crippen LogP contribution is -2.24. The second kappa shape index (κ2) is 6.18. The zero-order valence-corrected chi connectivity index (χ0v) is 10.7. The van der Waals surface area contributed by atoms with Gasteiger partial charge in [-0.2, -0.15) is 18.7 Å². The molecule has 0 bridgehead atoms. The first-order valence-corrected chi connectivity index (χ1v) is 6.47. The van der Waals surface area contributed by atoms with Crippen molar-refractivity contribution in [1.82, 2.24) is 5.48 Å². The van der Waals surface area contributed by atoms with Gasteiger partial charge in [0.1, 0.15) is 0 Å². The van der Waals surface area contributed by atoms with Crippen LogP contribution in [0.25, 0.3) is 11.1 Å². The van der Waals surface area contributed by atoms with Gasteiger partial charge in [-0.3, -0.25) is 4.84 Å². The van der Waals surface area contributed by atoms with Crippen LogP contribution < -0.4 is 5.48 Å². The first-order chi connectivity index (χ1) is 9.04. The van der Waals surface area contributed by atoms with Crippen molar-refractivity contribution in [3.05, 3.63) is 46.7 Å². The topological polar surface area (TPSA) is 21.3 Å². The summed E-state index contributed by atoms with van der Waals surface area (Å²) in [6, 6.07) is 11.7. The van der Waals surface area contributed by atoms with E-state index in [9.17, 15) is 13.2 Å². The van der Waals surface area contributed by atoms with Crippen LogP contribution in [-0.2, 0) is 11.4 Å². The summed E-state index contributed by atoms with van der Waals surface area (Å²) < 4.78 is 35.5. The Kier molecular flexibility index (Phi) is 4.57. The number of hydrogen-bond donors (Lipinski definition) is 1. The van der Waals surface area contributed by atoms with Gasteiger partial charge in [0.25, 0.3) is 0 Å². The summed E-state index contributed by atoms with van der Waals surface area (Å²) in [6.07, 6.45) is -4.31. The van der Waals surface area contributed by atoms with Crippen LogP contribution in [0.1, 0.15) is 4.88 Å². The molecular formula is C13H12F3NOS. The van der Waals surface area contributed by atoms with Crippen molar-refractivity contribution >= 4 is 11.3 Å². The third kappa shape index (κ3) is 4.66. The number of rotatable bonds is 5. The highest BCUT2D eigenvalue weighted by Crippen LogP contribution is 2.25. The maximum atomic E-state index is 11.8. The van der Waals surface area contributed by atoms with Gasteiger partial charge in [-0.05, 0) is 22.6 Å². The Hall–Kier alpha value is -1.37. The number of nitrogens with one attached hydrogen (secondary N) is 1. The summed E-state index contributed by atoms with van der Waals surface area (Å²) in [7, 11) is 0. The quantitative estimate of drug-likeness (QED) is 0.663. The Balaban J connectivity index is 1.85. The average molecular weight is 287 g/mol. The molecule has 19 heavy (non-hydrogen) atoms. The van der Waals surface area contributed by atoms with Gasteiger partial charge in [0.05, 0.1) is 6.54 Å². The zero-order valence-electron chi connectivity index (χ0n) is 9.91. The van der Waals surface area contributed by atoms with Crippen LogP contribution in [0.4, 0.5) is 13.2 Å². The molecule has 1 N–H and O–H groups in total. The summed E-state index contributed by atoms with van der Waals surface area (Å²) in [5.41, 5.74) is 4.45. The molecule has 0 aliphatic carbocycles. The van der Waals surface area contributed by atoms with E-state index in [0.29, 0.717) is 0 Å². The SMILES string of the molecule is FC(F)(F)CONCc1cc(-c2ccccc2)cs1. The Morgan fingerprint density at radius 3 is 2.53 bits per heavy atom. The highest BCUT2D eigenvalue weighted by atomic mass is 32.1. The molecule has 2 aromatic rings. The van der Waals surface area contributed by atoms with E-state index in [2.05, 4.69) is 10.3 Å². The molecule has 0 spiro atoms. The number of hydrogen-bond acceptors (Lipinski definition) is 3. The van der Waals surface area contributed by atoms with Crippen LogP contribution in [0, 0.1) is 0 Å². The van der Waals surface area contributed by atoms with Gasteiger partial charge in [0, 0.05) is 4.88 Å². The number of benzene rings is 1. The van der Waals surface area contributed by atoms with Crippen molar-refractivity contribution in [2.75, 3.05) is 6.61 Å². The predicted octanol–water partition coefficient (Wildman–Crippen LogP) is 4.00. The molecule has 1 aromatic heterocycles. The van der Waals surface area contributed by atoms with E-state index in [4.69, 9.17) is 0 Å². The predicted molar refractivity (Wildman–Crippen MR) is 68.6 cm³/mol. The van der Waals surface area contributed by atoms with E-state index in [0.717, 1.165) is 16.0 Å². The van der Waals surface area contributed by atoms with Gasteiger partial charge in [-0.1, -0.05) is 30.3 Å². The summed E-state index contributed by atoms with van der Waals surface area (Å²) >= 11 is 1.48. The molecule has 2 nitrogen and oxygen atoms in total. The monoisotopic (exact) mass is 287 g/mol. The lowest BCUT2D eigenvalue weighted by Gasteiger charge is -2.07. The number of alkyl halides is 3. The van der Waals surface area contributed by atoms with Crippen LogP contribution in [0.15, 0.2) is 41.8 Å². The van der Waals surface area contributed by atoms with Gasteiger partial charge in [0.2, 0.25) is 0 Å². The molecule has 0 amide bonds. The molecule has 0 aliphatic rings. The second-order valence-electron chi connectivity index (χ2n) is 3.89. The minimum absolute atomic E-state index is 0.258. The fourth-order valence-corrected chi connectivity index (χ4v) is 2.33. The molecule has 0 fully saturated rings. The molecule has 2 rings (SSSR count). The van der Waals surface area contributed by atoms with E-state index in [-0.39, 0.29) is 6.54 Å². The van der Waals surface area contributed by atoms with Crippen molar-refractivity contribution in [3.63, 3.8) is 0 Å². The fourth-order valence-electron chi connectivity index (χ4n) is 1.51. The van der Waals surface area contributed by atoms with Crippen LogP contribution in [0.3, 0.4) is 0 Å². The zero-order chi connectivity index (χ0) is 13.7. The third-order valence-electron chi connectivity index (χ3n) is 2.35. The van der Waals surface area contributed by atoms with Gasteiger partial charge in [-0.15, -0.1) is 11.3 Å². The Morgan fingerprint density at radius 1 is 1.11 bits per heavy atom. The molecule has 1 aromatic carbocycles. The normalized spacial score (nSPS) is 11.7. The van der Waals surface area contributed by atoms with E-state index >= 15 is 0 Å². The van der Waals surface area contributed by atoms with Crippen LogP contribution >= 0.6 is 11.3 Å². The molecule has 0 unspecified atom stereocenters. The standard InChI is InChI=1S/C13H12F3NOS/c14-13(15,16)9-18-17-7-12-6-11(8-19-12)10-4-2-1-3-5-10/h1-6,8,17H,7,9H2. The van der Waals surface area contributed by atoms with Crippen LogP contribution in [-0.4, -0.2) is 12.8 Å². The fraction of sp³-hybridized carbons (Fsp3) is 0.231. The smallest absolute Gasteiger partial charge is 0.292 e. The summed E-state index contributed by atoms with van der Waals surface area (Å²) in [5, 5.41) is 1.97. The van der Waals surface area contributed by atoms with Crippen molar-refractivity contribution in [2.24, 2.45) is 0 Å². The maximum Gasteiger partial charge on any atom is 0.413 e. The first-order valence-electron chi connectivity index (χ1n) is 5.59. The lowest BCUT2D eigenvalue weighted by atomic mass is 10.1. The number of halogens is 3. The van der Waals surface area contributed by atoms with Gasteiger partial charge in [0.15, 0.2) is 6.61 Å². The van der Waals surface area contributed by atoms with Crippen molar-refractivity contribution in [2.45, 2.75) is 12.7 Å². The first kappa shape index (κ1) is 14.0. The van der Waals surface area contributed by atoms with Gasteiger partial charge in [-0.25, -0.2) is 0 Å². The van der Waals surface area contributed by atoms with Gasteiger partial charge < -0.3 is 0 Å².